The minimum absolute atomic E-state index is 0.101. The first-order chi connectivity index (χ1) is 25.3. The third kappa shape index (κ3) is 10.5. The standard InChI is InChI=1S/C41H52N6O4S/c1-3-27-22-23-31-34(25-27)52-36(44-31)26-33(43-35(48)4-2)40(50)47-38(30-19-11-12-20-30)41(51)45-32(21-13-14-24-42)39(49)46-37(28-15-7-5-8-16-28)29-17-9-6-10-18-29/h5-10,15-18,22-23,25,30,32-33,37-38H,3-4,11-14,19-21,24,26,42H2,1-2H3,(H,43,48)(H,45,51)(H,46,49)(H,47,50)/t32-,33-,38-/m0/s1. The molecule has 276 valence electrons. The van der Waals surface area contributed by atoms with Crippen LogP contribution in [0.25, 0.3) is 10.2 Å². The van der Waals surface area contributed by atoms with Crippen LogP contribution in [0.2, 0.25) is 0 Å². The average molecular weight is 725 g/mol. The lowest BCUT2D eigenvalue weighted by molar-refractivity contribution is -0.135. The number of thiazole rings is 1. The molecule has 3 atom stereocenters. The van der Waals surface area contributed by atoms with Crippen molar-refractivity contribution in [3.63, 3.8) is 0 Å². The zero-order valence-electron chi connectivity index (χ0n) is 30.2. The van der Waals surface area contributed by atoms with Gasteiger partial charge in [0.2, 0.25) is 23.6 Å². The number of aromatic nitrogens is 1. The molecular formula is C41H52N6O4S. The number of carbonyl (C=O) groups excluding carboxylic acids is 4. The summed E-state index contributed by atoms with van der Waals surface area (Å²) in [6.45, 7) is 4.31. The molecule has 0 spiro atoms. The molecular weight excluding hydrogens is 673 g/mol. The fraction of sp³-hybridized carbons (Fsp3) is 0.439. The highest BCUT2D eigenvalue weighted by atomic mass is 32.1. The maximum absolute atomic E-state index is 14.2. The monoisotopic (exact) mass is 724 g/mol. The van der Waals surface area contributed by atoms with Gasteiger partial charge in [-0.1, -0.05) is 93.4 Å². The van der Waals surface area contributed by atoms with Crippen molar-refractivity contribution >= 4 is 45.2 Å². The second kappa shape index (κ2) is 19.3. The van der Waals surface area contributed by atoms with E-state index in [0.717, 1.165) is 58.5 Å². The number of amides is 4. The lowest BCUT2D eigenvalue weighted by atomic mass is 9.95. The van der Waals surface area contributed by atoms with Gasteiger partial charge < -0.3 is 27.0 Å². The largest absolute Gasteiger partial charge is 0.344 e. The number of fused-ring (bicyclic) bond motifs is 1. The van der Waals surface area contributed by atoms with Crippen LogP contribution in [-0.2, 0) is 32.0 Å². The summed E-state index contributed by atoms with van der Waals surface area (Å²) in [5.41, 5.74) is 9.70. The molecule has 0 bridgehead atoms. The summed E-state index contributed by atoms with van der Waals surface area (Å²) in [6.07, 6.45) is 6.49. The third-order valence-corrected chi connectivity index (χ3v) is 10.9. The molecule has 11 heteroatoms. The zero-order chi connectivity index (χ0) is 36.9. The maximum atomic E-state index is 14.2. The van der Waals surface area contributed by atoms with Crippen LogP contribution in [0.1, 0.15) is 93.0 Å². The number of unbranched alkanes of at least 4 members (excludes halogenated alkanes) is 1. The van der Waals surface area contributed by atoms with Gasteiger partial charge in [-0.25, -0.2) is 4.98 Å². The van der Waals surface area contributed by atoms with Crippen LogP contribution in [-0.4, -0.2) is 53.3 Å². The molecule has 5 rings (SSSR count). The van der Waals surface area contributed by atoms with E-state index in [1.807, 2.05) is 72.8 Å². The number of nitrogens with one attached hydrogen (secondary N) is 4. The highest BCUT2D eigenvalue weighted by molar-refractivity contribution is 7.18. The number of carbonyl (C=O) groups is 4. The van der Waals surface area contributed by atoms with Crippen LogP contribution in [0.4, 0.5) is 0 Å². The molecule has 1 aliphatic rings. The molecule has 4 aromatic rings. The van der Waals surface area contributed by atoms with Gasteiger partial charge >= 0.3 is 0 Å². The molecule has 6 N–H and O–H groups in total. The van der Waals surface area contributed by atoms with Crippen molar-refractivity contribution < 1.29 is 19.2 Å². The minimum Gasteiger partial charge on any atom is -0.344 e. The molecule has 1 fully saturated rings. The molecule has 1 saturated carbocycles. The number of benzene rings is 3. The molecule has 0 radical (unpaired) electrons. The smallest absolute Gasteiger partial charge is 0.243 e. The second-order valence-corrected chi connectivity index (χ2v) is 14.7. The number of aryl methyl sites for hydroxylation is 1. The van der Waals surface area contributed by atoms with Crippen LogP contribution in [0.5, 0.6) is 0 Å². The van der Waals surface area contributed by atoms with Crippen molar-refractivity contribution in [3.05, 3.63) is 101 Å². The van der Waals surface area contributed by atoms with E-state index in [4.69, 9.17) is 10.7 Å². The molecule has 4 amide bonds. The van der Waals surface area contributed by atoms with E-state index in [-0.39, 0.29) is 30.6 Å². The Morgan fingerprint density at radius 1 is 0.788 bits per heavy atom. The number of nitrogens with two attached hydrogens (primary N) is 1. The summed E-state index contributed by atoms with van der Waals surface area (Å²) in [5, 5.41) is 12.8. The Morgan fingerprint density at radius 3 is 2.06 bits per heavy atom. The van der Waals surface area contributed by atoms with E-state index in [1.54, 1.807) is 6.92 Å². The zero-order valence-corrected chi connectivity index (χ0v) is 31.1. The third-order valence-electron chi connectivity index (χ3n) is 9.84. The Bertz CT molecular complexity index is 1740. The van der Waals surface area contributed by atoms with Gasteiger partial charge in [-0.3, -0.25) is 19.2 Å². The molecule has 3 aromatic carbocycles. The molecule has 0 aliphatic heterocycles. The highest BCUT2D eigenvalue weighted by Gasteiger charge is 2.36. The van der Waals surface area contributed by atoms with Gasteiger partial charge in [-0.05, 0) is 79.8 Å². The van der Waals surface area contributed by atoms with Gasteiger partial charge in [0.15, 0.2) is 0 Å². The Hall–Kier alpha value is -4.61. The summed E-state index contributed by atoms with van der Waals surface area (Å²) < 4.78 is 1.03. The lowest BCUT2D eigenvalue weighted by Gasteiger charge is -2.29. The van der Waals surface area contributed by atoms with Crippen LogP contribution >= 0.6 is 11.3 Å². The lowest BCUT2D eigenvalue weighted by Crippen LogP contribution is -2.59. The van der Waals surface area contributed by atoms with Gasteiger partial charge in [0, 0.05) is 12.8 Å². The van der Waals surface area contributed by atoms with E-state index >= 15 is 0 Å². The maximum Gasteiger partial charge on any atom is 0.243 e. The number of rotatable bonds is 18. The van der Waals surface area contributed by atoms with Crippen molar-refractivity contribution in [1.82, 2.24) is 26.3 Å². The first kappa shape index (κ1) is 38.6. The van der Waals surface area contributed by atoms with E-state index in [2.05, 4.69) is 34.3 Å². The van der Waals surface area contributed by atoms with E-state index in [9.17, 15) is 19.2 Å². The molecule has 1 aliphatic carbocycles. The first-order valence-electron chi connectivity index (χ1n) is 18.7. The average Bonchev–Trinajstić information content (AvgIpc) is 3.85. The van der Waals surface area contributed by atoms with Crippen LogP contribution < -0.4 is 27.0 Å². The Morgan fingerprint density at radius 2 is 1.44 bits per heavy atom. The van der Waals surface area contributed by atoms with E-state index in [1.165, 1.54) is 16.9 Å². The van der Waals surface area contributed by atoms with Crippen LogP contribution in [0, 0.1) is 5.92 Å². The van der Waals surface area contributed by atoms with Crippen LogP contribution in [0.3, 0.4) is 0 Å². The minimum atomic E-state index is -0.920. The van der Waals surface area contributed by atoms with Gasteiger partial charge in [-0.2, -0.15) is 0 Å². The summed E-state index contributed by atoms with van der Waals surface area (Å²) in [5.74, 6) is -1.53. The van der Waals surface area contributed by atoms with Gasteiger partial charge in [-0.15, -0.1) is 11.3 Å². The first-order valence-corrected chi connectivity index (χ1v) is 19.5. The van der Waals surface area contributed by atoms with Gasteiger partial charge in [0.05, 0.1) is 21.3 Å². The highest BCUT2D eigenvalue weighted by Crippen LogP contribution is 2.29. The molecule has 1 aromatic heterocycles. The second-order valence-electron chi connectivity index (χ2n) is 13.6. The van der Waals surface area contributed by atoms with E-state index in [0.29, 0.717) is 25.8 Å². The van der Waals surface area contributed by atoms with Crippen molar-refractivity contribution in [2.75, 3.05) is 6.54 Å². The Kier molecular flexibility index (Phi) is 14.3. The predicted octanol–water partition coefficient (Wildman–Crippen LogP) is 5.49. The Balaban J connectivity index is 1.36. The van der Waals surface area contributed by atoms with E-state index < -0.39 is 36.0 Å². The summed E-state index contributed by atoms with van der Waals surface area (Å²) in [6, 6.07) is 22.5. The Labute approximate surface area is 310 Å². The summed E-state index contributed by atoms with van der Waals surface area (Å²) in [4.78, 5) is 59.8. The van der Waals surface area contributed by atoms with Crippen molar-refractivity contribution in [3.8, 4) is 0 Å². The van der Waals surface area contributed by atoms with Gasteiger partial charge in [0.25, 0.3) is 0 Å². The number of nitrogens with zero attached hydrogens (tertiary/aromatic N) is 1. The normalized spacial score (nSPS) is 14.8. The fourth-order valence-electron chi connectivity index (χ4n) is 6.86. The van der Waals surface area contributed by atoms with Crippen molar-refractivity contribution in [1.29, 1.82) is 0 Å². The van der Waals surface area contributed by atoms with Crippen LogP contribution in [0.15, 0.2) is 78.9 Å². The number of hydrogen-bond acceptors (Lipinski definition) is 7. The predicted molar refractivity (Wildman–Crippen MR) is 207 cm³/mol. The molecule has 1 heterocycles. The summed E-state index contributed by atoms with van der Waals surface area (Å²) >= 11 is 1.51. The fourth-order valence-corrected chi connectivity index (χ4v) is 7.94. The van der Waals surface area contributed by atoms with Crippen molar-refractivity contribution in [2.45, 2.75) is 102 Å². The topological polar surface area (TPSA) is 155 Å². The molecule has 0 unspecified atom stereocenters. The molecule has 0 saturated heterocycles. The quantitative estimate of drug-likeness (QED) is 0.0856. The van der Waals surface area contributed by atoms with Crippen molar-refractivity contribution in [2.24, 2.45) is 11.7 Å². The SMILES string of the molecule is CCC(=O)N[C@@H](Cc1nc2ccc(CC)cc2s1)C(=O)N[C@H](C(=O)N[C@@H](CCCCN)C(=O)NC(c1ccccc1)c1ccccc1)C1CCCC1. The molecule has 10 nitrogen and oxygen atoms in total. The summed E-state index contributed by atoms with van der Waals surface area (Å²) in [7, 11) is 0. The van der Waals surface area contributed by atoms with Gasteiger partial charge in [0.1, 0.15) is 18.1 Å². The number of hydrogen-bond donors (Lipinski definition) is 5. The molecule has 52 heavy (non-hydrogen) atoms.